The van der Waals surface area contributed by atoms with Crippen molar-refractivity contribution >= 4 is 17.5 Å². The molecule has 0 amide bonds. The monoisotopic (exact) mass is 273 g/mol. The molecule has 0 saturated heterocycles. The largest absolute Gasteiger partial charge is 0.477 e. The maximum atomic E-state index is 11.5. The van der Waals surface area contributed by atoms with Crippen LogP contribution in [-0.4, -0.2) is 27.9 Å². The molecule has 0 aliphatic carbocycles. The highest BCUT2D eigenvalue weighted by atomic mass is 16.4. The minimum Gasteiger partial charge on any atom is -0.477 e. The minimum absolute atomic E-state index is 0.245. The zero-order valence-corrected chi connectivity index (χ0v) is 12.4. The van der Waals surface area contributed by atoms with Gasteiger partial charge in [0.1, 0.15) is 11.4 Å². The van der Waals surface area contributed by atoms with Gasteiger partial charge in [0.2, 0.25) is 0 Å². The third-order valence-electron chi connectivity index (χ3n) is 3.44. The van der Waals surface area contributed by atoms with Gasteiger partial charge >= 0.3 is 5.97 Å². The molecule has 0 spiro atoms. The zero-order chi connectivity index (χ0) is 15.0. The number of hydrogen-bond acceptors (Lipinski definition) is 3. The van der Waals surface area contributed by atoms with Crippen molar-refractivity contribution in [3.63, 3.8) is 0 Å². The van der Waals surface area contributed by atoms with E-state index in [2.05, 4.69) is 11.2 Å². The van der Waals surface area contributed by atoms with E-state index in [1.165, 1.54) is 5.56 Å². The summed E-state index contributed by atoms with van der Waals surface area (Å²) in [7, 11) is 3.62. The molecular formula is C15H19N3O2. The molecule has 20 heavy (non-hydrogen) atoms. The second-order valence-electron chi connectivity index (χ2n) is 5.06. The molecular weight excluding hydrogens is 254 g/mol. The second kappa shape index (κ2) is 5.00. The molecule has 0 bridgehead atoms. The molecule has 0 radical (unpaired) electrons. The van der Waals surface area contributed by atoms with E-state index in [9.17, 15) is 9.90 Å². The van der Waals surface area contributed by atoms with Gasteiger partial charge in [-0.1, -0.05) is 17.7 Å². The normalized spacial score (nSPS) is 10.7. The van der Waals surface area contributed by atoms with Gasteiger partial charge in [0, 0.05) is 19.8 Å². The molecule has 106 valence electrons. The number of carboxylic acids is 1. The predicted octanol–water partition coefficient (Wildman–Crippen LogP) is 2.81. The lowest BCUT2D eigenvalue weighted by Crippen LogP contribution is -2.17. The number of aromatic carboxylic acids is 1. The topological polar surface area (TPSA) is 58.4 Å². The maximum Gasteiger partial charge on any atom is 0.341 e. The van der Waals surface area contributed by atoms with Crippen LogP contribution in [0.5, 0.6) is 0 Å². The van der Waals surface area contributed by atoms with E-state index in [-0.39, 0.29) is 5.56 Å². The Labute approximate surface area is 118 Å². The van der Waals surface area contributed by atoms with Crippen molar-refractivity contribution in [2.75, 3.05) is 11.9 Å². The van der Waals surface area contributed by atoms with Gasteiger partial charge in [-0.3, -0.25) is 4.68 Å². The summed E-state index contributed by atoms with van der Waals surface area (Å²) in [5.74, 6) is -0.371. The van der Waals surface area contributed by atoms with Gasteiger partial charge in [-0.25, -0.2) is 4.79 Å². The fourth-order valence-corrected chi connectivity index (χ4v) is 2.58. The molecule has 0 saturated carbocycles. The molecule has 1 aromatic heterocycles. The maximum absolute atomic E-state index is 11.5. The van der Waals surface area contributed by atoms with Crippen LogP contribution in [0.15, 0.2) is 18.2 Å². The van der Waals surface area contributed by atoms with E-state index in [0.717, 1.165) is 11.3 Å². The SMILES string of the molecule is Cc1ccc(N(C)c2c(C(=O)O)c(C)nn2C)c(C)c1. The Morgan fingerprint density at radius 2 is 1.95 bits per heavy atom. The third kappa shape index (κ3) is 2.27. The molecule has 5 heteroatoms. The highest BCUT2D eigenvalue weighted by Gasteiger charge is 2.23. The molecule has 0 unspecified atom stereocenters. The average Bonchev–Trinajstić information content (AvgIpc) is 2.63. The minimum atomic E-state index is -0.956. The van der Waals surface area contributed by atoms with Crippen molar-refractivity contribution in [2.24, 2.45) is 7.05 Å². The van der Waals surface area contributed by atoms with E-state index in [1.807, 2.05) is 37.9 Å². The van der Waals surface area contributed by atoms with Crippen LogP contribution in [0.25, 0.3) is 0 Å². The number of aryl methyl sites for hydroxylation is 4. The van der Waals surface area contributed by atoms with Gasteiger partial charge in [0.15, 0.2) is 0 Å². The first-order valence-corrected chi connectivity index (χ1v) is 6.40. The van der Waals surface area contributed by atoms with Crippen LogP contribution in [0.2, 0.25) is 0 Å². The summed E-state index contributed by atoms with van der Waals surface area (Å²) < 4.78 is 1.61. The van der Waals surface area contributed by atoms with Gasteiger partial charge in [0.05, 0.1) is 5.69 Å². The predicted molar refractivity (Wildman–Crippen MR) is 78.9 cm³/mol. The number of carboxylic acid groups (broad SMARTS) is 1. The molecule has 1 aromatic carbocycles. The van der Waals surface area contributed by atoms with Gasteiger partial charge < -0.3 is 10.0 Å². The van der Waals surface area contributed by atoms with Gasteiger partial charge in [-0.05, 0) is 32.4 Å². The van der Waals surface area contributed by atoms with E-state index >= 15 is 0 Å². The summed E-state index contributed by atoms with van der Waals surface area (Å²) in [4.78, 5) is 13.3. The van der Waals surface area contributed by atoms with Crippen LogP contribution in [0.4, 0.5) is 11.5 Å². The summed E-state index contributed by atoms with van der Waals surface area (Å²) in [6, 6.07) is 6.09. The van der Waals surface area contributed by atoms with Crippen molar-refractivity contribution in [1.82, 2.24) is 9.78 Å². The summed E-state index contributed by atoms with van der Waals surface area (Å²) in [6.45, 7) is 5.76. The Hall–Kier alpha value is -2.30. The summed E-state index contributed by atoms with van der Waals surface area (Å²) in [6.07, 6.45) is 0. The third-order valence-corrected chi connectivity index (χ3v) is 3.44. The van der Waals surface area contributed by atoms with E-state index < -0.39 is 5.97 Å². The average molecular weight is 273 g/mol. The molecule has 0 atom stereocenters. The van der Waals surface area contributed by atoms with Crippen molar-refractivity contribution < 1.29 is 9.90 Å². The number of hydrogen-bond donors (Lipinski definition) is 1. The molecule has 0 fully saturated rings. The number of anilines is 2. The Balaban J connectivity index is 2.59. The highest BCUT2D eigenvalue weighted by molar-refractivity contribution is 5.96. The Kier molecular flexibility index (Phi) is 3.53. The number of benzene rings is 1. The van der Waals surface area contributed by atoms with Gasteiger partial charge in [-0.2, -0.15) is 5.10 Å². The first-order chi connectivity index (χ1) is 9.32. The van der Waals surface area contributed by atoms with Crippen LogP contribution >= 0.6 is 0 Å². The number of rotatable bonds is 3. The quantitative estimate of drug-likeness (QED) is 0.934. The van der Waals surface area contributed by atoms with Crippen LogP contribution in [0, 0.1) is 20.8 Å². The number of carbonyl (C=O) groups is 1. The molecule has 0 aliphatic rings. The first kappa shape index (κ1) is 14.1. The van der Waals surface area contributed by atoms with Crippen molar-refractivity contribution in [1.29, 1.82) is 0 Å². The summed E-state index contributed by atoms with van der Waals surface area (Å²) in [5, 5.41) is 13.6. The second-order valence-corrected chi connectivity index (χ2v) is 5.06. The van der Waals surface area contributed by atoms with Crippen LogP contribution < -0.4 is 4.90 Å². The van der Waals surface area contributed by atoms with Crippen LogP contribution in [0.1, 0.15) is 27.2 Å². The number of aromatic nitrogens is 2. The Morgan fingerprint density at radius 1 is 1.30 bits per heavy atom. The molecule has 1 heterocycles. The molecule has 0 aliphatic heterocycles. The smallest absolute Gasteiger partial charge is 0.341 e. The molecule has 2 rings (SSSR count). The van der Waals surface area contributed by atoms with E-state index in [0.29, 0.717) is 11.5 Å². The van der Waals surface area contributed by atoms with Crippen molar-refractivity contribution in [2.45, 2.75) is 20.8 Å². The van der Waals surface area contributed by atoms with Crippen molar-refractivity contribution in [3.05, 3.63) is 40.6 Å². The van der Waals surface area contributed by atoms with Crippen molar-refractivity contribution in [3.8, 4) is 0 Å². The lowest BCUT2D eigenvalue weighted by atomic mass is 10.1. The molecule has 5 nitrogen and oxygen atoms in total. The van der Waals surface area contributed by atoms with Crippen LogP contribution in [0.3, 0.4) is 0 Å². The molecule has 2 aromatic rings. The molecule has 1 N–H and O–H groups in total. The summed E-state index contributed by atoms with van der Waals surface area (Å²) in [5.41, 5.74) is 4.02. The number of nitrogens with zero attached hydrogens (tertiary/aromatic N) is 3. The van der Waals surface area contributed by atoms with Gasteiger partial charge in [-0.15, -0.1) is 0 Å². The highest BCUT2D eigenvalue weighted by Crippen LogP contribution is 2.31. The standard InChI is InChI=1S/C15H19N3O2/c1-9-6-7-12(10(2)8-9)17(4)14-13(15(19)20)11(3)16-18(14)5/h6-8H,1-5H3,(H,19,20). The van der Waals surface area contributed by atoms with E-state index in [4.69, 9.17) is 0 Å². The zero-order valence-electron chi connectivity index (χ0n) is 12.4. The first-order valence-electron chi connectivity index (χ1n) is 6.40. The lowest BCUT2D eigenvalue weighted by Gasteiger charge is -2.22. The van der Waals surface area contributed by atoms with E-state index in [1.54, 1.807) is 18.7 Å². The van der Waals surface area contributed by atoms with Crippen LogP contribution in [-0.2, 0) is 7.05 Å². The fourth-order valence-electron chi connectivity index (χ4n) is 2.58. The lowest BCUT2D eigenvalue weighted by molar-refractivity contribution is 0.0697. The summed E-state index contributed by atoms with van der Waals surface area (Å²) >= 11 is 0. The van der Waals surface area contributed by atoms with Gasteiger partial charge in [0.25, 0.3) is 0 Å². The Bertz CT molecular complexity index is 674. The Morgan fingerprint density at radius 3 is 2.50 bits per heavy atom. The fraction of sp³-hybridized carbons (Fsp3) is 0.333.